The van der Waals surface area contributed by atoms with Crippen LogP contribution in [0.4, 0.5) is 0 Å². The zero-order chi connectivity index (χ0) is 12.6. The van der Waals surface area contributed by atoms with Crippen LogP contribution in [0.2, 0.25) is 0 Å². The lowest BCUT2D eigenvalue weighted by atomic mass is 10.1. The lowest BCUT2D eigenvalue weighted by molar-refractivity contribution is -0.107. The number of hydrogen-bond acceptors (Lipinski definition) is 3. The van der Waals surface area contributed by atoms with E-state index >= 15 is 0 Å². The van der Waals surface area contributed by atoms with Crippen molar-refractivity contribution in [2.24, 2.45) is 0 Å². The average Bonchev–Trinajstić information content (AvgIpc) is 2.42. The van der Waals surface area contributed by atoms with Crippen molar-refractivity contribution < 1.29 is 14.3 Å². The van der Waals surface area contributed by atoms with Gasteiger partial charge in [0.25, 0.3) is 0 Å². The highest BCUT2D eigenvalue weighted by Crippen LogP contribution is 2.18. The Bertz CT molecular complexity index is 494. The fraction of sp³-hybridized carbons (Fsp3) is 0.133. The molecule has 0 N–H and O–H groups in total. The monoisotopic (exact) mass is 242 g/mol. The smallest absolute Gasteiger partial charge is 0.230 e. The van der Waals surface area contributed by atoms with Crippen molar-refractivity contribution >= 4 is 6.29 Å². The third-order valence-corrected chi connectivity index (χ3v) is 2.46. The molecule has 0 fully saturated rings. The molecular weight excluding hydrogens is 228 g/mol. The van der Waals surface area contributed by atoms with Crippen molar-refractivity contribution in [1.29, 1.82) is 0 Å². The Morgan fingerprint density at radius 1 is 0.889 bits per heavy atom. The lowest BCUT2D eigenvalue weighted by Crippen LogP contribution is -2.07. The van der Waals surface area contributed by atoms with Crippen LogP contribution in [-0.2, 0) is 11.2 Å². The predicted molar refractivity (Wildman–Crippen MR) is 68.8 cm³/mol. The third-order valence-electron chi connectivity index (χ3n) is 2.46. The topological polar surface area (TPSA) is 35.5 Å². The summed E-state index contributed by atoms with van der Waals surface area (Å²) in [7, 11) is 0. The van der Waals surface area contributed by atoms with Crippen LogP contribution >= 0.6 is 0 Å². The largest absolute Gasteiger partial charge is 0.458 e. The molecule has 0 aliphatic rings. The summed E-state index contributed by atoms with van der Waals surface area (Å²) in [5.41, 5.74) is 0.865. The summed E-state index contributed by atoms with van der Waals surface area (Å²) in [6, 6.07) is 16.9. The Kier molecular flexibility index (Phi) is 4.36. The summed E-state index contributed by atoms with van der Waals surface area (Å²) in [4.78, 5) is 10.5. The first-order chi connectivity index (χ1) is 8.90. The molecule has 0 atom stereocenters. The molecule has 0 bridgehead atoms. The highest BCUT2D eigenvalue weighted by Gasteiger charge is 2.02. The second-order valence-electron chi connectivity index (χ2n) is 3.70. The SMILES string of the molecule is O=CCc1ccccc1OCOc1ccccc1. The molecule has 3 heteroatoms. The first-order valence-corrected chi connectivity index (χ1v) is 5.72. The van der Waals surface area contributed by atoms with E-state index in [9.17, 15) is 4.79 Å². The fourth-order valence-electron chi connectivity index (χ4n) is 1.58. The van der Waals surface area contributed by atoms with Gasteiger partial charge < -0.3 is 14.3 Å². The first-order valence-electron chi connectivity index (χ1n) is 5.72. The van der Waals surface area contributed by atoms with Crippen LogP contribution in [0.3, 0.4) is 0 Å². The molecule has 0 saturated carbocycles. The highest BCUT2D eigenvalue weighted by atomic mass is 16.7. The number of benzene rings is 2. The van der Waals surface area contributed by atoms with Gasteiger partial charge in [-0.2, -0.15) is 0 Å². The van der Waals surface area contributed by atoms with Gasteiger partial charge in [-0.05, 0) is 18.2 Å². The minimum atomic E-state index is 0.125. The van der Waals surface area contributed by atoms with Gasteiger partial charge in [-0.1, -0.05) is 36.4 Å². The molecule has 0 aliphatic heterocycles. The third kappa shape index (κ3) is 3.35. The van der Waals surface area contributed by atoms with E-state index in [-0.39, 0.29) is 6.79 Å². The van der Waals surface area contributed by atoms with Gasteiger partial charge in [-0.3, -0.25) is 0 Å². The highest BCUT2D eigenvalue weighted by molar-refractivity contribution is 5.57. The standard InChI is InChI=1S/C15H14O3/c16-11-10-13-6-4-5-9-15(13)18-12-17-14-7-2-1-3-8-14/h1-9,11H,10,12H2. The van der Waals surface area contributed by atoms with E-state index in [4.69, 9.17) is 9.47 Å². The molecule has 0 unspecified atom stereocenters. The molecule has 0 heterocycles. The first kappa shape index (κ1) is 12.2. The molecule has 2 rings (SSSR count). The number of hydrogen-bond donors (Lipinski definition) is 0. The van der Waals surface area contributed by atoms with E-state index in [2.05, 4.69) is 0 Å². The molecule has 92 valence electrons. The quantitative estimate of drug-likeness (QED) is 0.577. The Morgan fingerprint density at radius 2 is 1.61 bits per heavy atom. The Balaban J connectivity index is 1.92. The Morgan fingerprint density at radius 3 is 2.39 bits per heavy atom. The van der Waals surface area contributed by atoms with Crippen LogP contribution < -0.4 is 9.47 Å². The maximum atomic E-state index is 10.5. The van der Waals surface area contributed by atoms with Crippen LogP contribution in [0.5, 0.6) is 11.5 Å². The molecule has 0 radical (unpaired) electrons. The van der Waals surface area contributed by atoms with Crippen molar-refractivity contribution in [2.75, 3.05) is 6.79 Å². The second kappa shape index (κ2) is 6.45. The van der Waals surface area contributed by atoms with Crippen molar-refractivity contribution in [2.45, 2.75) is 6.42 Å². The van der Waals surface area contributed by atoms with E-state index in [0.717, 1.165) is 17.6 Å². The van der Waals surface area contributed by atoms with Gasteiger partial charge >= 0.3 is 0 Å². The molecular formula is C15H14O3. The maximum Gasteiger partial charge on any atom is 0.230 e. The van der Waals surface area contributed by atoms with Crippen LogP contribution in [0.1, 0.15) is 5.56 Å². The van der Waals surface area contributed by atoms with Gasteiger partial charge in [0.1, 0.15) is 17.8 Å². The molecule has 0 spiro atoms. The summed E-state index contributed by atoms with van der Waals surface area (Å²) < 4.78 is 10.9. The van der Waals surface area contributed by atoms with Gasteiger partial charge in [0.05, 0.1) is 0 Å². The number of rotatable bonds is 6. The number of carbonyl (C=O) groups excluding carboxylic acids is 1. The normalized spacial score (nSPS) is 9.78. The van der Waals surface area contributed by atoms with Crippen LogP contribution in [0.25, 0.3) is 0 Å². The van der Waals surface area contributed by atoms with Crippen LogP contribution in [0, 0.1) is 0 Å². The van der Waals surface area contributed by atoms with E-state index in [1.807, 2.05) is 54.6 Å². The number of para-hydroxylation sites is 2. The minimum Gasteiger partial charge on any atom is -0.458 e. The van der Waals surface area contributed by atoms with Crippen LogP contribution in [0.15, 0.2) is 54.6 Å². The number of carbonyl (C=O) groups is 1. The molecule has 2 aromatic rings. The van der Waals surface area contributed by atoms with Gasteiger partial charge in [0.15, 0.2) is 0 Å². The number of ether oxygens (including phenoxy) is 2. The summed E-state index contributed by atoms with van der Waals surface area (Å²) in [6.07, 6.45) is 1.21. The Labute approximate surface area is 106 Å². The van der Waals surface area contributed by atoms with Crippen LogP contribution in [-0.4, -0.2) is 13.1 Å². The molecule has 18 heavy (non-hydrogen) atoms. The predicted octanol–water partition coefficient (Wildman–Crippen LogP) is 2.84. The van der Waals surface area contributed by atoms with Crippen molar-refractivity contribution in [3.05, 3.63) is 60.2 Å². The summed E-state index contributed by atoms with van der Waals surface area (Å²) >= 11 is 0. The summed E-state index contributed by atoms with van der Waals surface area (Å²) in [6.45, 7) is 0.125. The van der Waals surface area contributed by atoms with Gasteiger partial charge in [0, 0.05) is 12.0 Å². The van der Waals surface area contributed by atoms with Crippen molar-refractivity contribution in [1.82, 2.24) is 0 Å². The summed E-state index contributed by atoms with van der Waals surface area (Å²) in [5.74, 6) is 1.44. The van der Waals surface area contributed by atoms with E-state index in [0.29, 0.717) is 12.2 Å². The summed E-state index contributed by atoms with van der Waals surface area (Å²) in [5, 5.41) is 0. The second-order valence-corrected chi connectivity index (χ2v) is 3.70. The van der Waals surface area contributed by atoms with Crippen molar-refractivity contribution in [3.8, 4) is 11.5 Å². The minimum absolute atomic E-state index is 0.125. The molecule has 0 saturated heterocycles. The molecule has 2 aromatic carbocycles. The fourth-order valence-corrected chi connectivity index (χ4v) is 1.58. The number of aldehydes is 1. The van der Waals surface area contributed by atoms with Crippen molar-refractivity contribution in [3.63, 3.8) is 0 Å². The van der Waals surface area contributed by atoms with E-state index in [1.54, 1.807) is 0 Å². The zero-order valence-electron chi connectivity index (χ0n) is 9.91. The van der Waals surface area contributed by atoms with Gasteiger partial charge in [-0.15, -0.1) is 0 Å². The van der Waals surface area contributed by atoms with Gasteiger partial charge in [0.2, 0.25) is 6.79 Å². The Hall–Kier alpha value is -2.29. The molecule has 0 aliphatic carbocycles. The molecule has 0 amide bonds. The van der Waals surface area contributed by atoms with Gasteiger partial charge in [-0.25, -0.2) is 0 Å². The molecule has 0 aromatic heterocycles. The van der Waals surface area contributed by atoms with E-state index in [1.165, 1.54) is 0 Å². The lowest BCUT2D eigenvalue weighted by Gasteiger charge is -2.10. The average molecular weight is 242 g/mol. The van der Waals surface area contributed by atoms with E-state index < -0.39 is 0 Å². The zero-order valence-corrected chi connectivity index (χ0v) is 9.91. The molecule has 3 nitrogen and oxygen atoms in total. The maximum absolute atomic E-state index is 10.5.